The van der Waals surface area contributed by atoms with Gasteiger partial charge in [0.25, 0.3) is 0 Å². The molecule has 0 fully saturated rings. The Labute approximate surface area is 245 Å². The molecule has 4 rings (SSSR count). The van der Waals surface area contributed by atoms with E-state index in [0.29, 0.717) is 11.3 Å². The Morgan fingerprint density at radius 1 is 0.857 bits per heavy atom. The first-order valence-corrected chi connectivity index (χ1v) is 14.0. The average Bonchev–Trinajstić information content (AvgIpc) is 3.00. The van der Waals surface area contributed by atoms with E-state index >= 15 is 0 Å². The summed E-state index contributed by atoms with van der Waals surface area (Å²) in [4.78, 5) is 39.9. The molecule has 8 heteroatoms. The van der Waals surface area contributed by atoms with Crippen LogP contribution in [-0.4, -0.2) is 47.2 Å². The number of carbonyl (C=O) groups excluding carboxylic acids is 3. The summed E-state index contributed by atoms with van der Waals surface area (Å²) in [5.74, 6) is -1.00. The number of nitrogens with zero attached hydrogens (tertiary/aromatic N) is 1. The normalized spacial score (nSPS) is 11.6. The summed E-state index contributed by atoms with van der Waals surface area (Å²) in [6, 6.07) is 27.7. The lowest BCUT2D eigenvalue weighted by Gasteiger charge is -2.27. The molecule has 0 heterocycles. The van der Waals surface area contributed by atoms with Gasteiger partial charge >= 0.3 is 18.0 Å². The predicted molar refractivity (Wildman–Crippen MR) is 163 cm³/mol. The summed E-state index contributed by atoms with van der Waals surface area (Å²) < 4.78 is 11.0. The second-order valence-corrected chi connectivity index (χ2v) is 10.4. The smallest absolute Gasteiger partial charge is 0.337 e. The second-order valence-electron chi connectivity index (χ2n) is 10.4. The van der Waals surface area contributed by atoms with E-state index in [1.54, 1.807) is 19.1 Å². The van der Waals surface area contributed by atoms with Crippen LogP contribution in [0.3, 0.4) is 0 Å². The lowest BCUT2D eigenvalue weighted by molar-refractivity contribution is -0.155. The van der Waals surface area contributed by atoms with E-state index in [2.05, 4.69) is 5.32 Å². The minimum Gasteiger partial charge on any atom is -0.459 e. The number of hydrogen-bond donors (Lipinski definition) is 2. The van der Waals surface area contributed by atoms with Crippen molar-refractivity contribution in [2.75, 3.05) is 18.4 Å². The Hall–Kier alpha value is -4.69. The van der Waals surface area contributed by atoms with Crippen LogP contribution >= 0.6 is 0 Å². The number of fused-ring (bicyclic) bond motifs is 1. The Morgan fingerprint density at radius 3 is 2.29 bits per heavy atom. The maximum absolute atomic E-state index is 13.5. The van der Waals surface area contributed by atoms with Gasteiger partial charge in [0.15, 0.2) is 11.9 Å². The van der Waals surface area contributed by atoms with Crippen molar-refractivity contribution in [3.63, 3.8) is 0 Å². The molecule has 42 heavy (non-hydrogen) atoms. The summed E-state index contributed by atoms with van der Waals surface area (Å²) in [7, 11) is 0. The summed E-state index contributed by atoms with van der Waals surface area (Å²) >= 11 is 0. The van der Waals surface area contributed by atoms with Crippen LogP contribution in [0, 0.1) is 5.92 Å². The summed E-state index contributed by atoms with van der Waals surface area (Å²) in [6.45, 7) is 5.56. The molecule has 1 atom stereocenters. The molecule has 0 saturated carbocycles. The van der Waals surface area contributed by atoms with E-state index in [0.717, 1.165) is 21.9 Å². The molecule has 8 nitrogen and oxygen atoms in total. The standard InChI is InChI=1S/C34H36N2O6/c1-4-31(38)42-32-28(27-18-17-25-13-8-9-14-26(25)19-27)15-10-16-29(32)35-34(40)36(20-23(2)3)21-30(37)33(39)41-22-24-11-6-5-7-12-24/h5-19,23,30,37H,4,20-22H2,1-3H3,(H,35,40). The third-order valence-electron chi connectivity index (χ3n) is 6.58. The van der Waals surface area contributed by atoms with Crippen LogP contribution in [0.4, 0.5) is 10.5 Å². The zero-order chi connectivity index (χ0) is 30.1. The number of hydrogen-bond acceptors (Lipinski definition) is 6. The van der Waals surface area contributed by atoms with Gasteiger partial charge in [-0.05, 0) is 39.9 Å². The molecule has 0 aliphatic heterocycles. The summed E-state index contributed by atoms with van der Waals surface area (Å²) in [5, 5.41) is 15.5. The molecule has 0 aromatic heterocycles. The molecule has 0 aliphatic carbocycles. The number of amides is 2. The van der Waals surface area contributed by atoms with E-state index in [-0.39, 0.29) is 37.8 Å². The van der Waals surface area contributed by atoms with Gasteiger partial charge in [0.1, 0.15) is 6.61 Å². The fourth-order valence-electron chi connectivity index (χ4n) is 4.50. The molecule has 2 N–H and O–H groups in total. The monoisotopic (exact) mass is 568 g/mol. The van der Waals surface area contributed by atoms with Crippen LogP contribution in [0.1, 0.15) is 32.8 Å². The first kappa shape index (κ1) is 30.3. The summed E-state index contributed by atoms with van der Waals surface area (Å²) in [5.41, 5.74) is 2.54. The first-order chi connectivity index (χ1) is 20.2. The van der Waals surface area contributed by atoms with E-state index in [1.165, 1.54) is 4.90 Å². The second kappa shape index (κ2) is 14.3. The quantitative estimate of drug-likeness (QED) is 0.160. The van der Waals surface area contributed by atoms with Crippen LogP contribution < -0.4 is 10.1 Å². The zero-order valence-corrected chi connectivity index (χ0v) is 24.1. The lowest BCUT2D eigenvalue weighted by atomic mass is 10.00. The number of ether oxygens (including phenoxy) is 2. The number of esters is 2. The largest absolute Gasteiger partial charge is 0.459 e. The van der Waals surface area contributed by atoms with Crippen molar-refractivity contribution in [2.24, 2.45) is 5.92 Å². The SMILES string of the molecule is CCC(=O)Oc1c(NC(=O)N(CC(C)C)CC(O)C(=O)OCc2ccccc2)cccc1-c1ccc2ccccc2c1. The van der Waals surface area contributed by atoms with Gasteiger partial charge in [-0.15, -0.1) is 0 Å². The number of benzene rings is 4. The Bertz CT molecular complexity index is 1540. The molecule has 0 saturated heterocycles. The predicted octanol–water partition coefficient (Wildman–Crippen LogP) is 6.42. The van der Waals surface area contributed by atoms with Crippen molar-refractivity contribution in [1.82, 2.24) is 4.90 Å². The van der Waals surface area contributed by atoms with Crippen LogP contribution in [0.5, 0.6) is 5.75 Å². The molecule has 0 spiro atoms. The molecule has 0 bridgehead atoms. The Balaban J connectivity index is 1.57. The third kappa shape index (κ3) is 7.95. The van der Waals surface area contributed by atoms with Crippen molar-refractivity contribution in [1.29, 1.82) is 0 Å². The van der Waals surface area contributed by atoms with E-state index < -0.39 is 24.1 Å². The molecule has 218 valence electrons. The van der Waals surface area contributed by atoms with Gasteiger partial charge in [0.05, 0.1) is 12.2 Å². The van der Waals surface area contributed by atoms with Crippen molar-refractivity contribution in [3.05, 3.63) is 96.6 Å². The van der Waals surface area contributed by atoms with Gasteiger partial charge in [0.2, 0.25) is 0 Å². The number of aliphatic hydroxyl groups excluding tert-OH is 1. The van der Waals surface area contributed by atoms with Crippen molar-refractivity contribution in [2.45, 2.75) is 39.9 Å². The number of urea groups is 1. The van der Waals surface area contributed by atoms with E-state index in [4.69, 9.17) is 9.47 Å². The molecular weight excluding hydrogens is 532 g/mol. The molecule has 0 radical (unpaired) electrons. The maximum Gasteiger partial charge on any atom is 0.337 e. The topological polar surface area (TPSA) is 105 Å². The summed E-state index contributed by atoms with van der Waals surface area (Å²) in [6.07, 6.45) is -1.39. The molecule has 0 aliphatic rings. The Morgan fingerprint density at radius 2 is 1.57 bits per heavy atom. The maximum atomic E-state index is 13.5. The molecule has 4 aromatic rings. The average molecular weight is 569 g/mol. The highest BCUT2D eigenvalue weighted by Crippen LogP contribution is 2.38. The molecule has 1 unspecified atom stereocenters. The van der Waals surface area contributed by atoms with Gasteiger partial charge in [0, 0.05) is 18.5 Å². The van der Waals surface area contributed by atoms with Crippen LogP contribution in [0.15, 0.2) is 91.0 Å². The molecule has 2 amide bonds. The van der Waals surface area contributed by atoms with Gasteiger partial charge < -0.3 is 24.8 Å². The number of rotatable bonds is 11. The van der Waals surface area contributed by atoms with Crippen LogP contribution in [0.2, 0.25) is 0 Å². The zero-order valence-electron chi connectivity index (χ0n) is 24.1. The number of para-hydroxylation sites is 1. The highest BCUT2D eigenvalue weighted by atomic mass is 16.5. The van der Waals surface area contributed by atoms with Gasteiger partial charge in [-0.3, -0.25) is 4.79 Å². The number of nitrogens with one attached hydrogen (secondary N) is 1. The van der Waals surface area contributed by atoms with Crippen LogP contribution in [0.25, 0.3) is 21.9 Å². The third-order valence-corrected chi connectivity index (χ3v) is 6.58. The minimum atomic E-state index is -1.54. The Kier molecular flexibility index (Phi) is 10.3. The number of anilines is 1. The van der Waals surface area contributed by atoms with Gasteiger partial charge in [-0.25, -0.2) is 9.59 Å². The molecular formula is C34H36N2O6. The highest BCUT2D eigenvalue weighted by Gasteiger charge is 2.26. The van der Waals surface area contributed by atoms with Crippen molar-refractivity contribution < 1.29 is 29.0 Å². The first-order valence-electron chi connectivity index (χ1n) is 14.0. The molecule has 4 aromatic carbocycles. The van der Waals surface area contributed by atoms with Crippen molar-refractivity contribution in [3.8, 4) is 16.9 Å². The number of carbonyl (C=O) groups is 3. The minimum absolute atomic E-state index is 0.0147. The van der Waals surface area contributed by atoms with Gasteiger partial charge in [-0.1, -0.05) is 99.6 Å². The van der Waals surface area contributed by atoms with E-state index in [1.807, 2.05) is 92.7 Å². The lowest BCUT2D eigenvalue weighted by Crippen LogP contribution is -2.45. The van der Waals surface area contributed by atoms with E-state index in [9.17, 15) is 19.5 Å². The van der Waals surface area contributed by atoms with Crippen LogP contribution in [-0.2, 0) is 20.9 Å². The van der Waals surface area contributed by atoms with Crippen molar-refractivity contribution >= 4 is 34.4 Å². The highest BCUT2D eigenvalue weighted by molar-refractivity contribution is 5.96. The fourth-order valence-corrected chi connectivity index (χ4v) is 4.50. The van der Waals surface area contributed by atoms with Gasteiger partial charge in [-0.2, -0.15) is 0 Å². The fraction of sp³-hybridized carbons (Fsp3) is 0.265. The number of aliphatic hydroxyl groups is 1.